The van der Waals surface area contributed by atoms with Crippen molar-refractivity contribution in [2.75, 3.05) is 6.54 Å². The highest BCUT2D eigenvalue weighted by Crippen LogP contribution is 2.25. The number of fused-ring (bicyclic) bond motifs is 1. The number of carbonyl (C=O) groups excluding carboxylic acids is 1. The highest BCUT2D eigenvalue weighted by molar-refractivity contribution is 9.10. The molecular weight excluding hydrogens is 328 g/mol. The Labute approximate surface area is 134 Å². The van der Waals surface area contributed by atoms with Crippen molar-refractivity contribution in [1.82, 2.24) is 9.88 Å². The van der Waals surface area contributed by atoms with Gasteiger partial charge in [0.05, 0.1) is 5.56 Å². The number of aromatic nitrogens is 1. The Kier molecular flexibility index (Phi) is 5.85. The maximum Gasteiger partial charge on any atom is 0.253 e. The van der Waals surface area contributed by atoms with Crippen LogP contribution in [0.3, 0.4) is 0 Å². The smallest absolute Gasteiger partial charge is 0.253 e. The van der Waals surface area contributed by atoms with Gasteiger partial charge in [-0.05, 0) is 25.5 Å². The molecule has 1 aromatic carbocycles. The van der Waals surface area contributed by atoms with E-state index in [4.69, 9.17) is 0 Å². The Morgan fingerprint density at radius 3 is 2.76 bits per heavy atom. The quantitative estimate of drug-likeness (QED) is 0.719. The Balaban J connectivity index is 2.12. The number of aryl methyl sites for hydroxylation is 1. The maximum absolute atomic E-state index is 12.4. The molecule has 1 N–H and O–H groups in total. The number of nitrogens with one attached hydrogen (secondary N) is 1. The van der Waals surface area contributed by atoms with Crippen LogP contribution in [0.1, 0.15) is 49.9 Å². The second-order valence-electron chi connectivity index (χ2n) is 5.31. The number of benzene rings is 1. The standard InChI is InChI=1S/C17H23BrN2O/c1-3-5-6-7-10-19-17(21)15-12-20(4-2)16-11-13(18)8-9-14(15)16/h8-9,11-12H,3-7,10H2,1-2H3,(H,19,21). The molecule has 0 bridgehead atoms. The highest BCUT2D eigenvalue weighted by atomic mass is 79.9. The van der Waals surface area contributed by atoms with Gasteiger partial charge in [-0.25, -0.2) is 0 Å². The molecule has 1 amide bonds. The maximum atomic E-state index is 12.4. The second kappa shape index (κ2) is 7.64. The number of halogens is 1. The monoisotopic (exact) mass is 350 g/mol. The van der Waals surface area contributed by atoms with Crippen LogP contribution in [0.4, 0.5) is 0 Å². The SMILES string of the molecule is CCCCCCNC(=O)c1cn(CC)c2cc(Br)ccc12. The molecule has 4 heteroatoms. The van der Waals surface area contributed by atoms with E-state index in [9.17, 15) is 4.79 Å². The van der Waals surface area contributed by atoms with Crippen molar-refractivity contribution in [1.29, 1.82) is 0 Å². The zero-order valence-electron chi connectivity index (χ0n) is 12.8. The predicted octanol–water partition coefficient (Wildman–Crippen LogP) is 4.73. The van der Waals surface area contributed by atoms with Gasteiger partial charge >= 0.3 is 0 Å². The lowest BCUT2D eigenvalue weighted by Gasteiger charge is -2.04. The van der Waals surface area contributed by atoms with Crippen LogP contribution in [0.15, 0.2) is 28.9 Å². The summed E-state index contributed by atoms with van der Waals surface area (Å²) in [6.07, 6.45) is 6.64. The fraction of sp³-hybridized carbons (Fsp3) is 0.471. The summed E-state index contributed by atoms with van der Waals surface area (Å²) in [5.74, 6) is 0.0334. The molecule has 0 unspecified atom stereocenters. The van der Waals surface area contributed by atoms with E-state index < -0.39 is 0 Å². The molecule has 0 saturated heterocycles. The number of rotatable bonds is 7. The first-order valence-electron chi connectivity index (χ1n) is 7.74. The summed E-state index contributed by atoms with van der Waals surface area (Å²) < 4.78 is 3.15. The van der Waals surface area contributed by atoms with Gasteiger partial charge < -0.3 is 9.88 Å². The van der Waals surface area contributed by atoms with Gasteiger partial charge in [-0.1, -0.05) is 48.2 Å². The van der Waals surface area contributed by atoms with Crippen molar-refractivity contribution in [3.8, 4) is 0 Å². The van der Waals surface area contributed by atoms with Gasteiger partial charge in [0.1, 0.15) is 0 Å². The summed E-state index contributed by atoms with van der Waals surface area (Å²) in [7, 11) is 0. The lowest BCUT2D eigenvalue weighted by molar-refractivity contribution is 0.0954. The van der Waals surface area contributed by atoms with Crippen molar-refractivity contribution in [2.24, 2.45) is 0 Å². The highest BCUT2D eigenvalue weighted by Gasteiger charge is 2.14. The molecule has 0 saturated carbocycles. The zero-order valence-corrected chi connectivity index (χ0v) is 14.4. The van der Waals surface area contributed by atoms with Crippen LogP contribution in [0.2, 0.25) is 0 Å². The van der Waals surface area contributed by atoms with Gasteiger partial charge in [0.2, 0.25) is 0 Å². The van der Waals surface area contributed by atoms with Crippen LogP contribution in [0.25, 0.3) is 10.9 Å². The molecule has 21 heavy (non-hydrogen) atoms. The van der Waals surface area contributed by atoms with Crippen LogP contribution in [0, 0.1) is 0 Å². The molecule has 0 fully saturated rings. The van der Waals surface area contributed by atoms with E-state index in [1.807, 2.05) is 18.3 Å². The van der Waals surface area contributed by atoms with Crippen LogP contribution < -0.4 is 5.32 Å². The summed E-state index contributed by atoms with van der Waals surface area (Å²) in [4.78, 5) is 12.4. The molecular formula is C17H23BrN2O. The fourth-order valence-corrected chi connectivity index (χ4v) is 2.91. The Bertz CT molecular complexity index is 619. The molecule has 3 nitrogen and oxygen atoms in total. The average Bonchev–Trinajstić information content (AvgIpc) is 2.84. The summed E-state index contributed by atoms with van der Waals surface area (Å²) in [5, 5.41) is 4.06. The molecule has 0 atom stereocenters. The van der Waals surface area contributed by atoms with E-state index in [1.54, 1.807) is 0 Å². The number of unbranched alkanes of at least 4 members (excludes halogenated alkanes) is 3. The van der Waals surface area contributed by atoms with Gasteiger partial charge in [0.15, 0.2) is 0 Å². The minimum atomic E-state index is 0.0334. The van der Waals surface area contributed by atoms with Gasteiger partial charge in [0.25, 0.3) is 5.91 Å². The van der Waals surface area contributed by atoms with Crippen molar-refractivity contribution in [3.05, 3.63) is 34.4 Å². The third kappa shape index (κ3) is 3.88. The molecule has 0 aliphatic heterocycles. The first kappa shape index (κ1) is 16.1. The molecule has 0 radical (unpaired) electrons. The summed E-state index contributed by atoms with van der Waals surface area (Å²) in [5.41, 5.74) is 1.87. The summed E-state index contributed by atoms with van der Waals surface area (Å²) in [6.45, 7) is 5.90. The Hall–Kier alpha value is -1.29. The third-order valence-corrected chi connectivity index (χ3v) is 4.24. The molecule has 0 aliphatic carbocycles. The predicted molar refractivity (Wildman–Crippen MR) is 91.8 cm³/mol. The molecule has 114 valence electrons. The van der Waals surface area contributed by atoms with Crippen molar-refractivity contribution < 1.29 is 4.79 Å². The average molecular weight is 351 g/mol. The van der Waals surface area contributed by atoms with Gasteiger partial charge in [-0.3, -0.25) is 4.79 Å². The first-order chi connectivity index (χ1) is 10.2. The van der Waals surface area contributed by atoms with Crippen LogP contribution in [0.5, 0.6) is 0 Å². The van der Waals surface area contributed by atoms with E-state index in [0.29, 0.717) is 0 Å². The van der Waals surface area contributed by atoms with Crippen molar-refractivity contribution in [3.63, 3.8) is 0 Å². The zero-order chi connectivity index (χ0) is 15.2. The van der Waals surface area contributed by atoms with Crippen LogP contribution >= 0.6 is 15.9 Å². The topological polar surface area (TPSA) is 34.0 Å². The summed E-state index contributed by atoms with van der Waals surface area (Å²) in [6, 6.07) is 6.06. The first-order valence-corrected chi connectivity index (χ1v) is 8.53. The largest absolute Gasteiger partial charge is 0.352 e. The van der Waals surface area contributed by atoms with Crippen LogP contribution in [-0.2, 0) is 6.54 Å². The number of carbonyl (C=O) groups is 1. The van der Waals surface area contributed by atoms with Gasteiger partial charge in [-0.2, -0.15) is 0 Å². The second-order valence-corrected chi connectivity index (χ2v) is 6.22. The van der Waals surface area contributed by atoms with Crippen molar-refractivity contribution >= 4 is 32.7 Å². The van der Waals surface area contributed by atoms with E-state index >= 15 is 0 Å². The molecule has 2 rings (SSSR count). The summed E-state index contributed by atoms with van der Waals surface area (Å²) >= 11 is 3.49. The molecule has 0 aliphatic rings. The van der Waals surface area contributed by atoms with Crippen molar-refractivity contribution in [2.45, 2.75) is 46.1 Å². The molecule has 2 aromatic rings. The Morgan fingerprint density at radius 1 is 1.24 bits per heavy atom. The number of hydrogen-bond acceptors (Lipinski definition) is 1. The van der Waals surface area contributed by atoms with E-state index in [-0.39, 0.29) is 5.91 Å². The normalized spacial score (nSPS) is 11.0. The third-order valence-electron chi connectivity index (χ3n) is 3.75. The van der Waals surface area contributed by atoms with Gasteiger partial charge in [-0.15, -0.1) is 0 Å². The van der Waals surface area contributed by atoms with E-state index in [0.717, 1.165) is 40.4 Å². The minimum absolute atomic E-state index is 0.0334. The van der Waals surface area contributed by atoms with Crippen LogP contribution in [-0.4, -0.2) is 17.0 Å². The lowest BCUT2D eigenvalue weighted by atomic mass is 10.1. The van der Waals surface area contributed by atoms with E-state index in [2.05, 4.69) is 45.7 Å². The fourth-order valence-electron chi connectivity index (χ4n) is 2.56. The minimum Gasteiger partial charge on any atom is -0.352 e. The van der Waals surface area contributed by atoms with Gasteiger partial charge in [0, 0.05) is 34.7 Å². The lowest BCUT2D eigenvalue weighted by Crippen LogP contribution is -2.24. The molecule has 1 heterocycles. The number of nitrogens with zero attached hydrogens (tertiary/aromatic N) is 1. The van der Waals surface area contributed by atoms with E-state index in [1.165, 1.54) is 19.3 Å². The molecule has 1 aromatic heterocycles. The number of hydrogen-bond donors (Lipinski definition) is 1. The number of amides is 1. The molecule has 0 spiro atoms. The Morgan fingerprint density at radius 2 is 2.05 bits per heavy atom.